The van der Waals surface area contributed by atoms with Gasteiger partial charge in [0.2, 0.25) is 0 Å². The van der Waals surface area contributed by atoms with E-state index in [0.29, 0.717) is 0 Å². The molecule has 0 atom stereocenters. The van der Waals surface area contributed by atoms with Gasteiger partial charge in [0.25, 0.3) is 0 Å². The minimum atomic E-state index is 0.758. The van der Waals surface area contributed by atoms with Crippen LogP contribution in [0.1, 0.15) is 11.1 Å². The molecule has 0 aliphatic heterocycles. The van der Waals surface area contributed by atoms with E-state index in [9.17, 15) is 0 Å². The highest BCUT2D eigenvalue weighted by Crippen LogP contribution is 2.30. The summed E-state index contributed by atoms with van der Waals surface area (Å²) in [6, 6.07) is 12.0. The summed E-state index contributed by atoms with van der Waals surface area (Å²) in [6.45, 7) is 4.05. The summed E-state index contributed by atoms with van der Waals surface area (Å²) >= 11 is 6.18. The van der Waals surface area contributed by atoms with Crippen molar-refractivity contribution >= 4 is 17.3 Å². The molecule has 0 aromatic heterocycles. The summed E-state index contributed by atoms with van der Waals surface area (Å²) in [5.41, 5.74) is 11.1. The van der Waals surface area contributed by atoms with Gasteiger partial charge in [-0.3, -0.25) is 0 Å². The van der Waals surface area contributed by atoms with Crippen molar-refractivity contribution in [3.63, 3.8) is 0 Å². The van der Waals surface area contributed by atoms with Gasteiger partial charge >= 0.3 is 0 Å². The predicted octanol–water partition coefficient (Wildman–Crippen LogP) is 4.21. The summed E-state index contributed by atoms with van der Waals surface area (Å²) in [5.74, 6) is 0. The van der Waals surface area contributed by atoms with Crippen molar-refractivity contribution in [3.8, 4) is 11.1 Å². The molecule has 0 bridgehead atoms. The lowest BCUT2D eigenvalue weighted by atomic mass is 10.0. The third-order valence-corrected chi connectivity index (χ3v) is 3.04. The fraction of sp³-hybridized carbons (Fsp3) is 0.143. The van der Waals surface area contributed by atoms with Crippen LogP contribution in [0.15, 0.2) is 36.4 Å². The second-order valence-corrected chi connectivity index (χ2v) is 4.46. The number of anilines is 1. The lowest BCUT2D eigenvalue weighted by molar-refractivity contribution is 1.44. The molecule has 2 aromatic carbocycles. The molecular weight excluding hydrogens is 218 g/mol. The Labute approximate surface area is 101 Å². The van der Waals surface area contributed by atoms with Crippen molar-refractivity contribution in [2.75, 3.05) is 5.73 Å². The lowest BCUT2D eigenvalue weighted by Crippen LogP contribution is -1.90. The third-order valence-electron chi connectivity index (χ3n) is 2.71. The molecule has 0 unspecified atom stereocenters. The van der Waals surface area contributed by atoms with E-state index in [1.165, 1.54) is 5.56 Å². The van der Waals surface area contributed by atoms with Crippen LogP contribution in [0.25, 0.3) is 11.1 Å². The lowest BCUT2D eigenvalue weighted by Gasteiger charge is -2.08. The Morgan fingerprint density at radius 3 is 2.44 bits per heavy atom. The molecule has 82 valence electrons. The number of rotatable bonds is 1. The molecule has 1 nitrogen and oxygen atoms in total. The zero-order chi connectivity index (χ0) is 11.7. The van der Waals surface area contributed by atoms with E-state index in [1.807, 2.05) is 37.3 Å². The average molecular weight is 232 g/mol. The Kier molecular flexibility index (Phi) is 2.88. The van der Waals surface area contributed by atoms with Gasteiger partial charge in [-0.15, -0.1) is 0 Å². The van der Waals surface area contributed by atoms with Gasteiger partial charge in [-0.1, -0.05) is 35.4 Å². The number of nitrogens with two attached hydrogens (primary N) is 1. The van der Waals surface area contributed by atoms with Gasteiger partial charge in [0.05, 0.1) is 0 Å². The van der Waals surface area contributed by atoms with E-state index in [-0.39, 0.29) is 0 Å². The molecule has 0 radical (unpaired) electrons. The maximum Gasteiger partial charge on any atom is 0.0484 e. The summed E-state index contributed by atoms with van der Waals surface area (Å²) in [7, 11) is 0. The summed E-state index contributed by atoms with van der Waals surface area (Å²) in [4.78, 5) is 0. The first kappa shape index (κ1) is 11.0. The van der Waals surface area contributed by atoms with Crippen molar-refractivity contribution in [3.05, 3.63) is 52.5 Å². The van der Waals surface area contributed by atoms with E-state index in [2.05, 4.69) is 13.0 Å². The molecule has 0 heterocycles. The molecule has 0 aliphatic carbocycles. The summed E-state index contributed by atoms with van der Waals surface area (Å²) < 4.78 is 0. The Bertz CT molecular complexity index is 532. The number of hydrogen-bond donors (Lipinski definition) is 1. The number of nitrogen functional groups attached to an aromatic ring is 1. The largest absolute Gasteiger partial charge is 0.398 e. The predicted molar refractivity (Wildman–Crippen MR) is 70.8 cm³/mol. The van der Waals surface area contributed by atoms with Crippen molar-refractivity contribution in [1.82, 2.24) is 0 Å². The second kappa shape index (κ2) is 4.18. The highest BCUT2D eigenvalue weighted by atomic mass is 35.5. The van der Waals surface area contributed by atoms with Gasteiger partial charge < -0.3 is 5.73 Å². The highest BCUT2D eigenvalue weighted by Gasteiger charge is 2.05. The fourth-order valence-corrected chi connectivity index (χ4v) is 1.90. The topological polar surface area (TPSA) is 26.0 Å². The Balaban J connectivity index is 2.58. The van der Waals surface area contributed by atoms with Gasteiger partial charge in [0.1, 0.15) is 0 Å². The maximum atomic E-state index is 6.18. The van der Waals surface area contributed by atoms with Crippen molar-refractivity contribution in [2.45, 2.75) is 13.8 Å². The minimum Gasteiger partial charge on any atom is -0.398 e. The van der Waals surface area contributed by atoms with E-state index in [1.54, 1.807) is 0 Å². The summed E-state index contributed by atoms with van der Waals surface area (Å²) in [6.07, 6.45) is 0. The number of benzene rings is 2. The molecule has 0 saturated heterocycles. The zero-order valence-electron chi connectivity index (χ0n) is 9.42. The molecule has 2 rings (SSSR count). The van der Waals surface area contributed by atoms with Crippen LogP contribution < -0.4 is 5.73 Å². The van der Waals surface area contributed by atoms with Crippen molar-refractivity contribution in [1.29, 1.82) is 0 Å². The Morgan fingerprint density at radius 2 is 1.75 bits per heavy atom. The molecule has 2 aromatic rings. The van der Waals surface area contributed by atoms with Crippen LogP contribution in [0.3, 0.4) is 0 Å². The number of hydrogen-bond acceptors (Lipinski definition) is 1. The maximum absolute atomic E-state index is 6.18. The van der Waals surface area contributed by atoms with Gasteiger partial charge in [-0.2, -0.15) is 0 Å². The molecule has 2 heteroatoms. The van der Waals surface area contributed by atoms with Gasteiger partial charge in [-0.05, 0) is 43.2 Å². The second-order valence-electron chi connectivity index (χ2n) is 4.05. The normalized spacial score (nSPS) is 10.4. The zero-order valence-corrected chi connectivity index (χ0v) is 10.2. The molecule has 0 fully saturated rings. The SMILES string of the molecule is Cc1ccc(Cl)c(-c2ccc(C)c(N)c2)c1. The van der Waals surface area contributed by atoms with Gasteiger partial charge in [0, 0.05) is 16.3 Å². The quantitative estimate of drug-likeness (QED) is 0.732. The van der Waals surface area contributed by atoms with Crippen LogP contribution in [0.4, 0.5) is 5.69 Å². The van der Waals surface area contributed by atoms with Crippen LogP contribution in [0.2, 0.25) is 5.02 Å². The molecule has 0 amide bonds. The summed E-state index contributed by atoms with van der Waals surface area (Å²) in [5, 5.41) is 0.758. The minimum absolute atomic E-state index is 0.758. The molecule has 16 heavy (non-hydrogen) atoms. The van der Waals surface area contributed by atoms with E-state index >= 15 is 0 Å². The van der Waals surface area contributed by atoms with Crippen molar-refractivity contribution in [2.24, 2.45) is 0 Å². The Hall–Kier alpha value is -1.47. The monoisotopic (exact) mass is 231 g/mol. The van der Waals surface area contributed by atoms with Crippen LogP contribution in [0.5, 0.6) is 0 Å². The Morgan fingerprint density at radius 1 is 1.00 bits per heavy atom. The van der Waals surface area contributed by atoms with Crippen molar-refractivity contribution < 1.29 is 0 Å². The first-order chi connectivity index (χ1) is 7.58. The third kappa shape index (κ3) is 2.05. The van der Waals surface area contributed by atoms with E-state index in [0.717, 1.165) is 27.4 Å². The first-order valence-electron chi connectivity index (χ1n) is 5.20. The van der Waals surface area contributed by atoms with E-state index < -0.39 is 0 Å². The first-order valence-corrected chi connectivity index (χ1v) is 5.58. The smallest absolute Gasteiger partial charge is 0.0484 e. The van der Waals surface area contributed by atoms with E-state index in [4.69, 9.17) is 17.3 Å². The van der Waals surface area contributed by atoms with Gasteiger partial charge in [0.15, 0.2) is 0 Å². The fourth-order valence-electron chi connectivity index (χ4n) is 1.67. The van der Waals surface area contributed by atoms with Crippen LogP contribution in [-0.2, 0) is 0 Å². The molecule has 2 N–H and O–H groups in total. The van der Waals surface area contributed by atoms with Crippen LogP contribution in [-0.4, -0.2) is 0 Å². The van der Waals surface area contributed by atoms with Crippen LogP contribution >= 0.6 is 11.6 Å². The number of aryl methyl sites for hydroxylation is 2. The van der Waals surface area contributed by atoms with Crippen LogP contribution in [0, 0.1) is 13.8 Å². The highest BCUT2D eigenvalue weighted by molar-refractivity contribution is 6.33. The molecule has 0 saturated carbocycles. The number of halogens is 1. The standard InChI is InChI=1S/C14H14ClN/c1-9-3-6-13(15)12(7-9)11-5-4-10(2)14(16)8-11/h3-8H,16H2,1-2H3. The molecular formula is C14H14ClN. The molecule has 0 spiro atoms. The average Bonchev–Trinajstić information content (AvgIpc) is 2.26. The van der Waals surface area contributed by atoms with Gasteiger partial charge in [-0.25, -0.2) is 0 Å². The molecule has 0 aliphatic rings.